The summed E-state index contributed by atoms with van der Waals surface area (Å²) < 4.78 is 5.52. The minimum atomic E-state index is 0.270. The van der Waals surface area contributed by atoms with Gasteiger partial charge in [-0.15, -0.1) is 6.58 Å². The van der Waals surface area contributed by atoms with Gasteiger partial charge in [0.05, 0.1) is 6.10 Å². The minimum Gasteiger partial charge on any atom is -0.380 e. The van der Waals surface area contributed by atoms with Crippen LogP contribution < -0.4 is 5.32 Å². The maximum atomic E-state index is 5.52. The number of hydrogen-bond donors (Lipinski definition) is 1. The van der Waals surface area contributed by atoms with E-state index < -0.39 is 0 Å². The second kappa shape index (κ2) is 7.02. The molecule has 0 saturated carbocycles. The molecule has 2 nitrogen and oxygen atoms in total. The van der Waals surface area contributed by atoms with E-state index >= 15 is 0 Å². The maximum absolute atomic E-state index is 5.52. The van der Waals surface area contributed by atoms with Crippen LogP contribution in [0.2, 0.25) is 0 Å². The normalized spacial score (nSPS) is 15.6. The Morgan fingerprint density at radius 1 is 1.43 bits per heavy atom. The summed E-state index contributed by atoms with van der Waals surface area (Å²) in [7, 11) is 1.79. The van der Waals surface area contributed by atoms with E-state index in [2.05, 4.69) is 39.6 Å². The smallest absolute Gasteiger partial charge is 0.0750 e. The molecule has 2 atom stereocenters. The van der Waals surface area contributed by atoms with Gasteiger partial charge in [-0.25, -0.2) is 0 Å². The zero-order valence-corrected chi connectivity index (χ0v) is 10.3. The summed E-state index contributed by atoms with van der Waals surface area (Å²) in [6.45, 7) is 13.5. The van der Waals surface area contributed by atoms with Gasteiger partial charge in [0.25, 0.3) is 0 Å². The summed E-state index contributed by atoms with van der Waals surface area (Å²) in [4.78, 5) is 0. The van der Waals surface area contributed by atoms with Gasteiger partial charge in [-0.2, -0.15) is 0 Å². The van der Waals surface area contributed by atoms with E-state index in [0.717, 1.165) is 13.0 Å². The topological polar surface area (TPSA) is 21.3 Å². The van der Waals surface area contributed by atoms with E-state index in [1.807, 2.05) is 0 Å². The average Bonchev–Trinajstić information content (AvgIpc) is 2.03. The van der Waals surface area contributed by atoms with Crippen LogP contribution in [0.3, 0.4) is 0 Å². The van der Waals surface area contributed by atoms with Gasteiger partial charge in [0.1, 0.15) is 0 Å². The summed E-state index contributed by atoms with van der Waals surface area (Å²) >= 11 is 0. The molecule has 0 radical (unpaired) electrons. The minimum absolute atomic E-state index is 0.270. The first kappa shape index (κ1) is 13.7. The fourth-order valence-electron chi connectivity index (χ4n) is 1.84. The maximum Gasteiger partial charge on any atom is 0.0750 e. The molecule has 0 aliphatic rings. The highest BCUT2D eigenvalue weighted by Crippen LogP contribution is 2.15. The van der Waals surface area contributed by atoms with Gasteiger partial charge in [0.15, 0.2) is 0 Å². The van der Waals surface area contributed by atoms with Crippen molar-refractivity contribution < 1.29 is 4.74 Å². The highest BCUT2D eigenvalue weighted by atomic mass is 16.5. The molecule has 1 N–H and O–H groups in total. The Morgan fingerprint density at radius 2 is 2.00 bits per heavy atom. The van der Waals surface area contributed by atoms with E-state index in [1.54, 1.807) is 7.11 Å². The Kier molecular flexibility index (Phi) is 6.85. The molecule has 0 saturated heterocycles. The number of ether oxygens (including phenoxy) is 1. The first-order valence-electron chi connectivity index (χ1n) is 5.43. The van der Waals surface area contributed by atoms with Crippen molar-refractivity contribution >= 4 is 0 Å². The molecule has 0 bridgehead atoms. The van der Waals surface area contributed by atoms with Crippen LogP contribution in [0.25, 0.3) is 0 Å². The van der Waals surface area contributed by atoms with E-state index in [1.165, 1.54) is 5.57 Å². The fraction of sp³-hybridized carbons (Fsp3) is 0.833. The Bertz CT molecular complexity index is 166. The molecule has 0 amide bonds. The predicted molar refractivity (Wildman–Crippen MR) is 62.5 cm³/mol. The van der Waals surface area contributed by atoms with Crippen molar-refractivity contribution in [1.29, 1.82) is 0 Å². The van der Waals surface area contributed by atoms with Crippen LogP contribution in [0.15, 0.2) is 12.2 Å². The Hall–Kier alpha value is -0.340. The molecule has 84 valence electrons. The third-order valence-corrected chi connectivity index (χ3v) is 2.36. The van der Waals surface area contributed by atoms with Crippen LogP contribution in [0.4, 0.5) is 0 Å². The van der Waals surface area contributed by atoms with Crippen molar-refractivity contribution in [1.82, 2.24) is 5.32 Å². The van der Waals surface area contributed by atoms with E-state index in [9.17, 15) is 0 Å². The predicted octanol–water partition coefficient (Wildman–Crippen LogP) is 2.60. The molecule has 0 aromatic carbocycles. The lowest BCUT2D eigenvalue weighted by Crippen LogP contribution is -2.43. The lowest BCUT2D eigenvalue weighted by molar-refractivity contribution is 0.0337. The molecule has 0 fully saturated rings. The number of hydrogen-bond acceptors (Lipinski definition) is 2. The third-order valence-electron chi connectivity index (χ3n) is 2.36. The van der Waals surface area contributed by atoms with Gasteiger partial charge < -0.3 is 10.1 Å². The van der Waals surface area contributed by atoms with Crippen molar-refractivity contribution in [2.24, 2.45) is 5.92 Å². The quantitative estimate of drug-likeness (QED) is 0.636. The van der Waals surface area contributed by atoms with Gasteiger partial charge in [-0.05, 0) is 25.8 Å². The largest absolute Gasteiger partial charge is 0.380 e. The van der Waals surface area contributed by atoms with Crippen LogP contribution in [0, 0.1) is 5.92 Å². The molecule has 2 heteroatoms. The number of nitrogens with one attached hydrogen (secondary N) is 1. The summed E-state index contributed by atoms with van der Waals surface area (Å²) in [6, 6.07) is 0.391. The van der Waals surface area contributed by atoms with Crippen molar-refractivity contribution in [2.75, 3.05) is 13.7 Å². The fourth-order valence-corrected chi connectivity index (χ4v) is 1.84. The van der Waals surface area contributed by atoms with Crippen LogP contribution in [0.1, 0.15) is 34.1 Å². The first-order valence-corrected chi connectivity index (χ1v) is 5.43. The number of likely N-dealkylation sites (N-methyl/N-ethyl adjacent to an activating group) is 1. The summed E-state index contributed by atoms with van der Waals surface area (Å²) in [5.41, 5.74) is 1.21. The lowest BCUT2D eigenvalue weighted by atomic mass is 9.94. The van der Waals surface area contributed by atoms with E-state index in [-0.39, 0.29) is 6.10 Å². The summed E-state index contributed by atoms with van der Waals surface area (Å²) in [6.07, 6.45) is 1.26. The molecule has 0 rings (SSSR count). The number of methoxy groups -OCH3 is 1. The van der Waals surface area contributed by atoms with Gasteiger partial charge >= 0.3 is 0 Å². The monoisotopic (exact) mass is 199 g/mol. The molecule has 0 aliphatic carbocycles. The van der Waals surface area contributed by atoms with Gasteiger partial charge in [0.2, 0.25) is 0 Å². The second-order valence-electron chi connectivity index (χ2n) is 4.27. The van der Waals surface area contributed by atoms with Crippen LogP contribution in [-0.2, 0) is 4.74 Å². The van der Waals surface area contributed by atoms with Crippen molar-refractivity contribution in [3.8, 4) is 0 Å². The molecule has 0 aliphatic heterocycles. The second-order valence-corrected chi connectivity index (χ2v) is 4.27. The van der Waals surface area contributed by atoms with Crippen molar-refractivity contribution in [3.05, 3.63) is 12.2 Å². The third kappa shape index (κ3) is 4.77. The molecule has 0 aromatic rings. The van der Waals surface area contributed by atoms with E-state index in [4.69, 9.17) is 4.74 Å². The van der Waals surface area contributed by atoms with Crippen LogP contribution in [0.5, 0.6) is 0 Å². The zero-order valence-electron chi connectivity index (χ0n) is 10.3. The average molecular weight is 199 g/mol. The Labute approximate surface area is 88.7 Å². The van der Waals surface area contributed by atoms with Gasteiger partial charge in [0, 0.05) is 13.2 Å². The summed E-state index contributed by atoms with van der Waals surface area (Å²) in [5.74, 6) is 0.531. The molecule has 2 unspecified atom stereocenters. The Morgan fingerprint density at radius 3 is 2.29 bits per heavy atom. The number of rotatable bonds is 7. The van der Waals surface area contributed by atoms with Crippen LogP contribution >= 0.6 is 0 Å². The Balaban J connectivity index is 4.34. The van der Waals surface area contributed by atoms with Crippen LogP contribution in [-0.4, -0.2) is 25.8 Å². The van der Waals surface area contributed by atoms with Gasteiger partial charge in [-0.3, -0.25) is 0 Å². The highest BCUT2D eigenvalue weighted by Gasteiger charge is 2.23. The first-order chi connectivity index (χ1) is 6.52. The summed E-state index contributed by atoms with van der Waals surface area (Å²) in [5, 5.41) is 3.46. The molecular formula is C12H25NO. The zero-order chi connectivity index (χ0) is 11.1. The standard InChI is InChI=1S/C12H25NO/c1-7-13-11(8-9(2)3)12(14-6)10(4)5/h10-13H,2,7-8H2,1,3-6H3. The molecule has 0 heterocycles. The molecule has 14 heavy (non-hydrogen) atoms. The highest BCUT2D eigenvalue weighted by molar-refractivity contribution is 4.96. The lowest BCUT2D eigenvalue weighted by Gasteiger charge is -2.29. The molecule has 0 aromatic heterocycles. The van der Waals surface area contributed by atoms with Crippen molar-refractivity contribution in [2.45, 2.75) is 46.3 Å². The molecular weight excluding hydrogens is 174 g/mol. The SMILES string of the molecule is C=C(C)CC(NCC)C(OC)C(C)C. The van der Waals surface area contributed by atoms with Gasteiger partial charge in [-0.1, -0.05) is 26.3 Å². The van der Waals surface area contributed by atoms with E-state index in [0.29, 0.717) is 12.0 Å². The van der Waals surface area contributed by atoms with Crippen molar-refractivity contribution in [3.63, 3.8) is 0 Å². The molecule has 0 spiro atoms.